The highest BCUT2D eigenvalue weighted by Gasteiger charge is 2.46. The molecule has 1 aromatic carbocycles. The highest BCUT2D eigenvalue weighted by molar-refractivity contribution is 7.89. The zero-order valence-corrected chi connectivity index (χ0v) is 18.8. The maximum atomic E-state index is 12.9. The van der Waals surface area contributed by atoms with Gasteiger partial charge in [0.2, 0.25) is 10.0 Å². The molecule has 2 aromatic rings. The fourth-order valence-electron chi connectivity index (χ4n) is 3.80. The Morgan fingerprint density at radius 3 is 2.68 bits per heavy atom. The molecule has 1 aromatic heterocycles. The minimum absolute atomic E-state index is 0.0461. The summed E-state index contributed by atoms with van der Waals surface area (Å²) < 4.78 is 28.4. The summed E-state index contributed by atoms with van der Waals surface area (Å²) in [5.41, 5.74) is 0.865. The van der Waals surface area contributed by atoms with Crippen LogP contribution < -0.4 is 4.72 Å². The minimum atomic E-state index is -3.91. The van der Waals surface area contributed by atoms with Gasteiger partial charge in [-0.1, -0.05) is 43.2 Å². The molecule has 3 unspecified atom stereocenters. The standard InChI is InChI=1S/C22H26ClN3O4S/c1-2-3-4-7-18-13-20(25-31(29,30)19-10-8-17(23)9-11-19)21(22(27)28)26(18)15-16-6-5-12-24-14-16/h4-12,14,18,20-21,25H,2-3,13,15H2,1H3,(H,27,28)/b7-4-. The number of sulfonamides is 1. The van der Waals surface area contributed by atoms with Gasteiger partial charge < -0.3 is 5.11 Å². The van der Waals surface area contributed by atoms with Crippen LogP contribution in [0, 0.1) is 0 Å². The van der Waals surface area contributed by atoms with Crippen molar-refractivity contribution >= 4 is 27.6 Å². The number of carbonyl (C=O) groups is 1. The third-order valence-corrected chi connectivity index (χ3v) is 7.00. The van der Waals surface area contributed by atoms with Crippen LogP contribution in [0.2, 0.25) is 5.02 Å². The average molecular weight is 464 g/mol. The first-order valence-corrected chi connectivity index (χ1v) is 12.0. The molecule has 1 saturated heterocycles. The van der Waals surface area contributed by atoms with Crippen LogP contribution in [-0.2, 0) is 21.4 Å². The van der Waals surface area contributed by atoms with Gasteiger partial charge in [-0.15, -0.1) is 0 Å². The summed E-state index contributed by atoms with van der Waals surface area (Å²) in [6, 6.07) is 7.45. The summed E-state index contributed by atoms with van der Waals surface area (Å²) in [4.78, 5) is 18.2. The Hall–Kier alpha value is -2.26. The summed E-state index contributed by atoms with van der Waals surface area (Å²) in [6.07, 6.45) is 9.55. The Kier molecular flexibility index (Phi) is 7.83. The molecule has 7 nitrogen and oxygen atoms in total. The topological polar surface area (TPSA) is 99.6 Å². The third-order valence-electron chi connectivity index (χ3n) is 5.24. The summed E-state index contributed by atoms with van der Waals surface area (Å²) >= 11 is 5.86. The molecule has 3 atom stereocenters. The molecule has 2 heterocycles. The number of carboxylic acids is 1. The second kappa shape index (κ2) is 10.4. The van der Waals surface area contributed by atoms with Crippen molar-refractivity contribution in [2.45, 2.75) is 55.8 Å². The van der Waals surface area contributed by atoms with E-state index in [0.717, 1.165) is 18.4 Å². The van der Waals surface area contributed by atoms with E-state index in [0.29, 0.717) is 18.0 Å². The second-order valence-electron chi connectivity index (χ2n) is 7.52. The van der Waals surface area contributed by atoms with Crippen LogP contribution in [0.3, 0.4) is 0 Å². The highest BCUT2D eigenvalue weighted by Crippen LogP contribution is 2.29. The van der Waals surface area contributed by atoms with Gasteiger partial charge in [-0.2, -0.15) is 0 Å². The number of nitrogens with zero attached hydrogens (tertiary/aromatic N) is 2. The van der Waals surface area contributed by atoms with Crippen LogP contribution in [-0.4, -0.2) is 47.5 Å². The van der Waals surface area contributed by atoms with E-state index in [-0.39, 0.29) is 10.9 Å². The molecule has 0 aliphatic carbocycles. The molecule has 2 N–H and O–H groups in total. The van der Waals surface area contributed by atoms with Crippen LogP contribution in [0.1, 0.15) is 31.7 Å². The van der Waals surface area contributed by atoms with Crippen molar-refractivity contribution < 1.29 is 18.3 Å². The van der Waals surface area contributed by atoms with Crippen molar-refractivity contribution in [2.24, 2.45) is 0 Å². The number of pyridine rings is 1. The maximum absolute atomic E-state index is 12.9. The first kappa shape index (κ1) is 23.4. The number of likely N-dealkylation sites (tertiary alicyclic amines) is 1. The van der Waals surface area contributed by atoms with E-state index in [9.17, 15) is 18.3 Å². The number of nitrogens with one attached hydrogen (secondary N) is 1. The fraction of sp³-hybridized carbons (Fsp3) is 0.364. The van der Waals surface area contributed by atoms with Gasteiger partial charge in [0.1, 0.15) is 6.04 Å². The number of rotatable bonds is 9. The maximum Gasteiger partial charge on any atom is 0.322 e. The molecule has 1 aliphatic rings. The summed E-state index contributed by atoms with van der Waals surface area (Å²) in [7, 11) is -3.91. The fourth-order valence-corrected chi connectivity index (χ4v) is 5.18. The second-order valence-corrected chi connectivity index (χ2v) is 9.67. The molecule has 166 valence electrons. The molecular weight excluding hydrogens is 438 g/mol. The van der Waals surface area contributed by atoms with Gasteiger partial charge in [-0.25, -0.2) is 13.1 Å². The normalized spacial score (nSPS) is 22.2. The van der Waals surface area contributed by atoms with Crippen LogP contribution >= 0.6 is 11.6 Å². The number of unbranched alkanes of at least 4 members (excludes halogenated alkanes) is 1. The molecule has 0 amide bonds. The van der Waals surface area contributed by atoms with Crippen molar-refractivity contribution in [3.05, 3.63) is 71.5 Å². The monoisotopic (exact) mass is 463 g/mol. The lowest BCUT2D eigenvalue weighted by Gasteiger charge is -2.27. The van der Waals surface area contributed by atoms with Crippen molar-refractivity contribution in [1.29, 1.82) is 0 Å². The SMILES string of the molecule is CCC/C=C\C1CC(NS(=O)(=O)c2ccc(Cl)cc2)C(C(=O)O)N1Cc1cccnc1. The lowest BCUT2D eigenvalue weighted by atomic mass is 10.1. The number of hydrogen-bond acceptors (Lipinski definition) is 5. The molecule has 9 heteroatoms. The molecule has 1 aliphatic heterocycles. The number of carboxylic acid groups (broad SMARTS) is 1. The van der Waals surface area contributed by atoms with Crippen LogP contribution in [0.5, 0.6) is 0 Å². The van der Waals surface area contributed by atoms with E-state index in [2.05, 4.69) is 16.6 Å². The lowest BCUT2D eigenvalue weighted by Crippen LogP contribution is -2.49. The molecule has 0 radical (unpaired) electrons. The van der Waals surface area contributed by atoms with E-state index in [1.54, 1.807) is 18.5 Å². The predicted octanol–water partition coefficient (Wildman–Crippen LogP) is 3.47. The van der Waals surface area contributed by atoms with Gasteiger partial charge in [0.25, 0.3) is 0 Å². The molecular formula is C22H26ClN3O4S. The van der Waals surface area contributed by atoms with E-state index in [4.69, 9.17) is 11.6 Å². The number of aliphatic carboxylic acids is 1. The van der Waals surface area contributed by atoms with E-state index in [1.165, 1.54) is 24.3 Å². The smallest absolute Gasteiger partial charge is 0.322 e. The molecule has 0 saturated carbocycles. The molecule has 31 heavy (non-hydrogen) atoms. The third kappa shape index (κ3) is 5.92. The van der Waals surface area contributed by atoms with Gasteiger partial charge in [0.15, 0.2) is 0 Å². The van der Waals surface area contributed by atoms with Crippen molar-refractivity contribution in [2.75, 3.05) is 0 Å². The number of allylic oxidation sites excluding steroid dienone is 1. The van der Waals surface area contributed by atoms with E-state index < -0.39 is 28.1 Å². The van der Waals surface area contributed by atoms with Crippen molar-refractivity contribution in [3.63, 3.8) is 0 Å². The minimum Gasteiger partial charge on any atom is -0.480 e. The predicted molar refractivity (Wildman–Crippen MR) is 119 cm³/mol. The first-order valence-electron chi connectivity index (χ1n) is 10.1. The van der Waals surface area contributed by atoms with Gasteiger partial charge in [0, 0.05) is 30.0 Å². The largest absolute Gasteiger partial charge is 0.480 e. The van der Waals surface area contributed by atoms with Crippen molar-refractivity contribution in [1.82, 2.24) is 14.6 Å². The summed E-state index contributed by atoms with van der Waals surface area (Å²) in [6.45, 7) is 2.42. The Morgan fingerprint density at radius 2 is 2.06 bits per heavy atom. The van der Waals surface area contributed by atoms with Gasteiger partial charge in [-0.05, 0) is 48.7 Å². The van der Waals surface area contributed by atoms with E-state index in [1.807, 2.05) is 23.1 Å². The zero-order chi connectivity index (χ0) is 22.4. The Bertz CT molecular complexity index is 1010. The highest BCUT2D eigenvalue weighted by atomic mass is 35.5. The summed E-state index contributed by atoms with van der Waals surface area (Å²) in [5, 5.41) is 10.4. The Labute approximate surface area is 187 Å². The van der Waals surface area contributed by atoms with Gasteiger partial charge >= 0.3 is 5.97 Å². The quantitative estimate of drug-likeness (QED) is 0.552. The van der Waals surface area contributed by atoms with Crippen LogP contribution in [0.15, 0.2) is 65.8 Å². The van der Waals surface area contributed by atoms with Gasteiger partial charge in [-0.3, -0.25) is 14.7 Å². The van der Waals surface area contributed by atoms with Crippen molar-refractivity contribution in [3.8, 4) is 0 Å². The van der Waals surface area contributed by atoms with Crippen LogP contribution in [0.4, 0.5) is 0 Å². The number of hydrogen-bond donors (Lipinski definition) is 2. The molecule has 0 bridgehead atoms. The molecule has 1 fully saturated rings. The molecule has 3 rings (SSSR count). The summed E-state index contributed by atoms with van der Waals surface area (Å²) in [5.74, 6) is -1.07. The number of aromatic nitrogens is 1. The number of halogens is 1. The first-order chi connectivity index (χ1) is 14.8. The zero-order valence-electron chi connectivity index (χ0n) is 17.2. The molecule has 0 spiro atoms. The van der Waals surface area contributed by atoms with E-state index >= 15 is 0 Å². The number of benzene rings is 1. The average Bonchev–Trinajstić information content (AvgIpc) is 3.05. The Balaban J connectivity index is 1.89. The van der Waals surface area contributed by atoms with Gasteiger partial charge in [0.05, 0.1) is 10.9 Å². The lowest BCUT2D eigenvalue weighted by molar-refractivity contribution is -0.143. The van der Waals surface area contributed by atoms with Crippen LogP contribution in [0.25, 0.3) is 0 Å². The Morgan fingerprint density at radius 1 is 1.32 bits per heavy atom.